The van der Waals surface area contributed by atoms with E-state index in [2.05, 4.69) is 40.2 Å². The zero-order valence-corrected chi connectivity index (χ0v) is 11.5. The molecule has 0 fully saturated rings. The number of rotatable bonds is 2. The van der Waals surface area contributed by atoms with Crippen molar-refractivity contribution in [3.63, 3.8) is 0 Å². The highest BCUT2D eigenvalue weighted by molar-refractivity contribution is 5.72. The molecule has 0 unspecified atom stereocenters. The standard InChI is InChI=1S/C16H19N3/c1-11-9-16(14(10-17)12(2)18-11)19-8-7-13-5-3-4-6-15(13)19/h3-6,9H,7-8,10,17H2,1-2H3. The lowest BCUT2D eigenvalue weighted by Crippen LogP contribution is -2.18. The number of hydrogen-bond acceptors (Lipinski definition) is 3. The second kappa shape index (κ2) is 4.67. The summed E-state index contributed by atoms with van der Waals surface area (Å²) >= 11 is 0. The monoisotopic (exact) mass is 253 g/mol. The lowest BCUT2D eigenvalue weighted by Gasteiger charge is -2.24. The van der Waals surface area contributed by atoms with Gasteiger partial charge in [-0.3, -0.25) is 4.98 Å². The molecule has 0 radical (unpaired) electrons. The van der Waals surface area contributed by atoms with E-state index in [-0.39, 0.29) is 0 Å². The van der Waals surface area contributed by atoms with Crippen LogP contribution in [-0.4, -0.2) is 11.5 Å². The van der Waals surface area contributed by atoms with Crippen molar-refractivity contribution in [2.75, 3.05) is 11.4 Å². The van der Waals surface area contributed by atoms with Crippen LogP contribution in [0.2, 0.25) is 0 Å². The van der Waals surface area contributed by atoms with Crippen molar-refractivity contribution in [2.45, 2.75) is 26.8 Å². The van der Waals surface area contributed by atoms with E-state index in [1.807, 2.05) is 13.8 Å². The molecule has 0 atom stereocenters. The minimum atomic E-state index is 0.535. The molecule has 0 saturated heterocycles. The van der Waals surface area contributed by atoms with Gasteiger partial charge < -0.3 is 10.6 Å². The summed E-state index contributed by atoms with van der Waals surface area (Å²) in [6.07, 6.45) is 1.10. The Morgan fingerprint density at radius 1 is 1.21 bits per heavy atom. The summed E-state index contributed by atoms with van der Waals surface area (Å²) in [6.45, 7) is 5.64. The van der Waals surface area contributed by atoms with Gasteiger partial charge in [0.2, 0.25) is 0 Å². The smallest absolute Gasteiger partial charge is 0.0492 e. The van der Waals surface area contributed by atoms with Crippen molar-refractivity contribution < 1.29 is 0 Å². The van der Waals surface area contributed by atoms with Crippen LogP contribution >= 0.6 is 0 Å². The van der Waals surface area contributed by atoms with Crippen molar-refractivity contribution in [2.24, 2.45) is 5.73 Å². The molecule has 19 heavy (non-hydrogen) atoms. The maximum atomic E-state index is 5.92. The minimum absolute atomic E-state index is 0.535. The summed E-state index contributed by atoms with van der Waals surface area (Å²) < 4.78 is 0. The molecule has 1 aliphatic rings. The van der Waals surface area contributed by atoms with E-state index < -0.39 is 0 Å². The van der Waals surface area contributed by atoms with Gasteiger partial charge >= 0.3 is 0 Å². The Morgan fingerprint density at radius 3 is 2.79 bits per heavy atom. The zero-order chi connectivity index (χ0) is 13.4. The quantitative estimate of drug-likeness (QED) is 0.895. The number of fused-ring (bicyclic) bond motifs is 1. The molecule has 0 amide bonds. The predicted molar refractivity (Wildman–Crippen MR) is 78.8 cm³/mol. The van der Waals surface area contributed by atoms with E-state index in [1.54, 1.807) is 0 Å². The SMILES string of the molecule is Cc1cc(N2CCc3ccccc32)c(CN)c(C)n1. The average Bonchev–Trinajstić information content (AvgIpc) is 2.81. The van der Waals surface area contributed by atoms with Gasteiger partial charge in [0.05, 0.1) is 0 Å². The van der Waals surface area contributed by atoms with Crippen LogP contribution in [0.1, 0.15) is 22.5 Å². The van der Waals surface area contributed by atoms with Gasteiger partial charge in [-0.15, -0.1) is 0 Å². The third-order valence-corrected chi connectivity index (χ3v) is 3.82. The van der Waals surface area contributed by atoms with Gasteiger partial charge in [-0.25, -0.2) is 0 Å². The van der Waals surface area contributed by atoms with E-state index in [4.69, 9.17) is 5.73 Å². The first-order valence-electron chi connectivity index (χ1n) is 6.73. The van der Waals surface area contributed by atoms with E-state index in [9.17, 15) is 0 Å². The molecule has 1 aromatic heterocycles. The molecule has 0 saturated carbocycles. The molecule has 2 heterocycles. The molecule has 2 N–H and O–H groups in total. The summed E-state index contributed by atoms with van der Waals surface area (Å²) in [5.41, 5.74) is 13.1. The largest absolute Gasteiger partial charge is 0.341 e. The van der Waals surface area contributed by atoms with Crippen molar-refractivity contribution in [3.8, 4) is 0 Å². The number of aromatic nitrogens is 1. The fraction of sp³-hybridized carbons (Fsp3) is 0.312. The fourth-order valence-corrected chi connectivity index (χ4v) is 2.92. The van der Waals surface area contributed by atoms with Gasteiger partial charge in [0.25, 0.3) is 0 Å². The normalized spacial score (nSPS) is 13.7. The fourth-order valence-electron chi connectivity index (χ4n) is 2.92. The first-order chi connectivity index (χ1) is 9.20. The second-order valence-electron chi connectivity index (χ2n) is 5.08. The number of nitrogens with two attached hydrogens (primary N) is 1. The highest BCUT2D eigenvalue weighted by Crippen LogP contribution is 2.36. The van der Waals surface area contributed by atoms with Gasteiger partial charge in [0.1, 0.15) is 0 Å². The van der Waals surface area contributed by atoms with E-state index in [0.717, 1.165) is 29.9 Å². The zero-order valence-electron chi connectivity index (χ0n) is 11.5. The Balaban J connectivity index is 2.14. The lowest BCUT2D eigenvalue weighted by atomic mass is 10.1. The van der Waals surface area contributed by atoms with Crippen LogP contribution in [0.4, 0.5) is 11.4 Å². The molecule has 0 bridgehead atoms. The first kappa shape index (κ1) is 12.2. The van der Waals surface area contributed by atoms with Gasteiger partial charge in [-0.1, -0.05) is 18.2 Å². The summed E-state index contributed by atoms with van der Waals surface area (Å²) in [7, 11) is 0. The van der Waals surface area contributed by atoms with E-state index in [0.29, 0.717) is 6.54 Å². The molecular weight excluding hydrogens is 234 g/mol. The van der Waals surface area contributed by atoms with Gasteiger partial charge in [-0.2, -0.15) is 0 Å². The van der Waals surface area contributed by atoms with Crippen molar-refractivity contribution in [1.29, 1.82) is 0 Å². The maximum absolute atomic E-state index is 5.92. The van der Waals surface area contributed by atoms with Crippen molar-refractivity contribution in [1.82, 2.24) is 4.98 Å². The third kappa shape index (κ3) is 2.00. The number of anilines is 2. The number of nitrogens with zero attached hydrogens (tertiary/aromatic N) is 2. The van der Waals surface area contributed by atoms with Crippen LogP contribution in [0, 0.1) is 13.8 Å². The Labute approximate surface area is 114 Å². The average molecular weight is 253 g/mol. The van der Waals surface area contributed by atoms with Crippen LogP contribution in [0.3, 0.4) is 0 Å². The molecule has 3 nitrogen and oxygen atoms in total. The Morgan fingerprint density at radius 2 is 2.00 bits per heavy atom. The van der Waals surface area contributed by atoms with Crippen LogP contribution in [0.5, 0.6) is 0 Å². The van der Waals surface area contributed by atoms with Gasteiger partial charge in [0.15, 0.2) is 0 Å². The van der Waals surface area contributed by atoms with Gasteiger partial charge in [0, 0.05) is 41.4 Å². The number of pyridine rings is 1. The summed E-state index contributed by atoms with van der Waals surface area (Å²) in [5.74, 6) is 0. The predicted octanol–water partition coefficient (Wildman–Crippen LogP) is 2.85. The van der Waals surface area contributed by atoms with Gasteiger partial charge in [-0.05, 0) is 38.0 Å². The maximum Gasteiger partial charge on any atom is 0.0492 e. The Bertz CT molecular complexity index is 619. The molecule has 0 aliphatic carbocycles. The number of aryl methyl sites for hydroxylation is 2. The molecule has 1 aromatic carbocycles. The summed E-state index contributed by atoms with van der Waals surface area (Å²) in [4.78, 5) is 6.90. The number of para-hydroxylation sites is 1. The topological polar surface area (TPSA) is 42.1 Å². The third-order valence-electron chi connectivity index (χ3n) is 3.82. The van der Waals surface area contributed by atoms with Crippen LogP contribution in [0.25, 0.3) is 0 Å². The van der Waals surface area contributed by atoms with E-state index in [1.165, 1.54) is 16.9 Å². The second-order valence-corrected chi connectivity index (χ2v) is 5.08. The molecular formula is C16H19N3. The van der Waals surface area contributed by atoms with Crippen molar-refractivity contribution in [3.05, 3.63) is 52.8 Å². The Kier molecular flexibility index (Phi) is 2.99. The summed E-state index contributed by atoms with van der Waals surface area (Å²) in [6, 6.07) is 10.7. The van der Waals surface area contributed by atoms with Crippen LogP contribution in [-0.2, 0) is 13.0 Å². The molecule has 3 rings (SSSR count). The van der Waals surface area contributed by atoms with E-state index >= 15 is 0 Å². The summed E-state index contributed by atoms with van der Waals surface area (Å²) in [5, 5.41) is 0. The first-order valence-corrected chi connectivity index (χ1v) is 6.73. The molecule has 0 spiro atoms. The number of hydrogen-bond donors (Lipinski definition) is 1. The lowest BCUT2D eigenvalue weighted by molar-refractivity contribution is 0.938. The highest BCUT2D eigenvalue weighted by atomic mass is 15.2. The Hall–Kier alpha value is -1.87. The molecule has 1 aliphatic heterocycles. The highest BCUT2D eigenvalue weighted by Gasteiger charge is 2.22. The molecule has 98 valence electrons. The number of benzene rings is 1. The molecule has 2 aromatic rings. The van der Waals surface area contributed by atoms with Crippen LogP contribution in [0.15, 0.2) is 30.3 Å². The van der Waals surface area contributed by atoms with Crippen LogP contribution < -0.4 is 10.6 Å². The molecule has 3 heteroatoms. The van der Waals surface area contributed by atoms with Crippen molar-refractivity contribution >= 4 is 11.4 Å². The minimum Gasteiger partial charge on any atom is -0.341 e.